The summed E-state index contributed by atoms with van der Waals surface area (Å²) in [7, 11) is 0. The van der Waals surface area contributed by atoms with Crippen LogP contribution in [0, 0.1) is 11.2 Å². The van der Waals surface area contributed by atoms with Crippen LogP contribution < -0.4 is 5.73 Å². The summed E-state index contributed by atoms with van der Waals surface area (Å²) >= 11 is 5.98. The minimum absolute atomic E-state index is 0.156. The summed E-state index contributed by atoms with van der Waals surface area (Å²) in [5, 5.41) is 10.4. The Bertz CT molecular complexity index is 426. The van der Waals surface area contributed by atoms with Crippen molar-refractivity contribution in [2.45, 2.75) is 38.2 Å². The maximum atomic E-state index is 13.4. The normalized spacial score (nSPS) is 28.3. The van der Waals surface area contributed by atoms with Crippen LogP contribution in [0.4, 0.5) is 4.39 Å². The van der Waals surface area contributed by atoms with Gasteiger partial charge in [0.15, 0.2) is 0 Å². The molecule has 1 aromatic carbocycles. The Kier molecular flexibility index (Phi) is 4.25. The van der Waals surface area contributed by atoms with Gasteiger partial charge in [0.1, 0.15) is 5.82 Å². The predicted molar refractivity (Wildman–Crippen MR) is 71.1 cm³/mol. The number of halogens is 2. The van der Waals surface area contributed by atoms with Crippen molar-refractivity contribution in [3.05, 3.63) is 34.6 Å². The van der Waals surface area contributed by atoms with Gasteiger partial charge in [-0.15, -0.1) is 0 Å². The number of rotatable bonds is 3. The molecule has 2 unspecified atom stereocenters. The Balaban J connectivity index is 2.27. The van der Waals surface area contributed by atoms with Gasteiger partial charge in [-0.25, -0.2) is 4.39 Å². The molecule has 100 valence electrons. The van der Waals surface area contributed by atoms with E-state index >= 15 is 0 Å². The summed E-state index contributed by atoms with van der Waals surface area (Å²) in [5.41, 5.74) is 6.26. The lowest BCUT2D eigenvalue weighted by atomic mass is 9.68. The number of nitrogens with two attached hydrogens (primary N) is 1. The van der Waals surface area contributed by atoms with Crippen LogP contribution in [0.1, 0.15) is 31.2 Å². The number of aliphatic hydroxyl groups is 1. The fraction of sp³-hybridized carbons (Fsp3) is 0.571. The average Bonchev–Trinajstić information content (AvgIpc) is 2.38. The summed E-state index contributed by atoms with van der Waals surface area (Å²) in [4.78, 5) is 0. The maximum Gasteiger partial charge on any atom is 0.142 e. The Morgan fingerprint density at radius 3 is 2.89 bits per heavy atom. The van der Waals surface area contributed by atoms with E-state index in [4.69, 9.17) is 17.3 Å². The van der Waals surface area contributed by atoms with Crippen molar-refractivity contribution >= 4 is 11.6 Å². The van der Waals surface area contributed by atoms with Crippen LogP contribution in [0.2, 0.25) is 5.02 Å². The van der Waals surface area contributed by atoms with E-state index in [2.05, 4.69) is 0 Å². The van der Waals surface area contributed by atoms with E-state index < -0.39 is 11.9 Å². The molecule has 18 heavy (non-hydrogen) atoms. The van der Waals surface area contributed by atoms with Gasteiger partial charge >= 0.3 is 0 Å². The standard InChI is InChI=1S/C14H19ClFNO/c15-13-10(4-3-5-11(13)16)8-14(9-17)7-2-1-6-12(14)18/h3-5,12,18H,1-2,6-9,17H2. The molecule has 1 saturated carbocycles. The third-order valence-corrected chi connectivity index (χ3v) is 4.51. The van der Waals surface area contributed by atoms with Crippen molar-refractivity contribution in [2.75, 3.05) is 6.54 Å². The second-order valence-electron chi connectivity index (χ2n) is 5.22. The van der Waals surface area contributed by atoms with Gasteiger partial charge in [-0.3, -0.25) is 0 Å². The minimum Gasteiger partial charge on any atom is -0.392 e. The molecule has 0 spiro atoms. The van der Waals surface area contributed by atoms with Gasteiger partial charge in [0, 0.05) is 12.0 Å². The molecule has 0 saturated heterocycles. The van der Waals surface area contributed by atoms with Crippen LogP contribution in [0.25, 0.3) is 0 Å². The third-order valence-electron chi connectivity index (χ3n) is 4.09. The lowest BCUT2D eigenvalue weighted by Gasteiger charge is -2.41. The molecule has 0 heterocycles. The number of benzene rings is 1. The minimum atomic E-state index is -0.421. The van der Waals surface area contributed by atoms with Gasteiger partial charge in [-0.05, 0) is 30.9 Å². The number of hydrogen-bond acceptors (Lipinski definition) is 2. The van der Waals surface area contributed by atoms with Crippen molar-refractivity contribution in [3.8, 4) is 0 Å². The summed E-state index contributed by atoms with van der Waals surface area (Å²) in [6.07, 6.45) is 3.85. The monoisotopic (exact) mass is 271 g/mol. The van der Waals surface area contributed by atoms with E-state index in [1.807, 2.05) is 6.07 Å². The van der Waals surface area contributed by atoms with Gasteiger partial charge in [-0.2, -0.15) is 0 Å². The Morgan fingerprint density at radius 2 is 2.22 bits per heavy atom. The van der Waals surface area contributed by atoms with E-state index in [1.165, 1.54) is 6.07 Å². The average molecular weight is 272 g/mol. The summed E-state index contributed by atoms with van der Waals surface area (Å²) in [6, 6.07) is 4.80. The number of aliphatic hydroxyl groups excluding tert-OH is 1. The SMILES string of the molecule is NCC1(Cc2cccc(F)c2Cl)CCCCC1O. The first-order valence-corrected chi connectivity index (χ1v) is 6.78. The molecule has 0 amide bonds. The first kappa shape index (κ1) is 13.8. The van der Waals surface area contributed by atoms with Gasteiger partial charge in [-0.1, -0.05) is 36.6 Å². The smallest absolute Gasteiger partial charge is 0.142 e. The predicted octanol–water partition coefficient (Wildman–Crippen LogP) is 2.90. The lowest BCUT2D eigenvalue weighted by molar-refractivity contribution is -0.00587. The molecule has 2 nitrogen and oxygen atoms in total. The highest BCUT2D eigenvalue weighted by atomic mass is 35.5. The van der Waals surface area contributed by atoms with Crippen molar-refractivity contribution in [1.82, 2.24) is 0 Å². The molecule has 1 aliphatic rings. The van der Waals surface area contributed by atoms with E-state index in [9.17, 15) is 9.50 Å². The molecular formula is C14H19ClFNO. The van der Waals surface area contributed by atoms with E-state index in [1.54, 1.807) is 6.07 Å². The van der Waals surface area contributed by atoms with Gasteiger partial charge < -0.3 is 10.8 Å². The van der Waals surface area contributed by atoms with E-state index in [0.717, 1.165) is 31.2 Å². The number of hydrogen-bond donors (Lipinski definition) is 2. The molecule has 1 fully saturated rings. The molecule has 1 aromatic rings. The lowest BCUT2D eigenvalue weighted by Crippen LogP contribution is -2.45. The molecule has 2 atom stereocenters. The maximum absolute atomic E-state index is 13.4. The molecule has 0 bridgehead atoms. The fourth-order valence-electron chi connectivity index (χ4n) is 2.87. The largest absolute Gasteiger partial charge is 0.392 e. The Labute approximate surface area is 112 Å². The first-order valence-electron chi connectivity index (χ1n) is 6.40. The van der Waals surface area contributed by atoms with Gasteiger partial charge in [0.2, 0.25) is 0 Å². The van der Waals surface area contributed by atoms with E-state index in [-0.39, 0.29) is 10.4 Å². The zero-order valence-electron chi connectivity index (χ0n) is 10.3. The van der Waals surface area contributed by atoms with Crippen LogP contribution in [-0.2, 0) is 6.42 Å². The molecule has 0 aromatic heterocycles. The third kappa shape index (κ3) is 2.53. The Morgan fingerprint density at radius 1 is 1.44 bits per heavy atom. The summed E-state index contributed by atoms with van der Waals surface area (Å²) in [5.74, 6) is -0.411. The second kappa shape index (κ2) is 5.55. The van der Waals surface area contributed by atoms with Crippen molar-refractivity contribution < 1.29 is 9.50 Å². The van der Waals surface area contributed by atoms with Crippen LogP contribution in [0.5, 0.6) is 0 Å². The summed E-state index contributed by atoms with van der Waals surface area (Å²) < 4.78 is 13.4. The van der Waals surface area contributed by atoms with Crippen LogP contribution >= 0.6 is 11.6 Å². The molecule has 0 radical (unpaired) electrons. The first-order chi connectivity index (χ1) is 8.59. The summed E-state index contributed by atoms with van der Waals surface area (Å²) in [6.45, 7) is 0.404. The zero-order valence-corrected chi connectivity index (χ0v) is 11.1. The van der Waals surface area contributed by atoms with Gasteiger partial charge in [0.25, 0.3) is 0 Å². The molecule has 1 aliphatic carbocycles. The molecule has 4 heteroatoms. The fourth-order valence-corrected chi connectivity index (χ4v) is 3.06. The van der Waals surface area contributed by atoms with Crippen LogP contribution in [0.15, 0.2) is 18.2 Å². The topological polar surface area (TPSA) is 46.2 Å². The highest BCUT2D eigenvalue weighted by Gasteiger charge is 2.39. The van der Waals surface area contributed by atoms with Crippen molar-refractivity contribution in [1.29, 1.82) is 0 Å². The van der Waals surface area contributed by atoms with Crippen molar-refractivity contribution in [2.24, 2.45) is 11.1 Å². The Hall–Kier alpha value is -0.640. The van der Waals surface area contributed by atoms with E-state index in [0.29, 0.717) is 13.0 Å². The second-order valence-corrected chi connectivity index (χ2v) is 5.60. The van der Waals surface area contributed by atoms with Crippen LogP contribution in [-0.4, -0.2) is 17.8 Å². The molecule has 2 rings (SSSR count). The highest BCUT2D eigenvalue weighted by Crippen LogP contribution is 2.40. The molecule has 3 N–H and O–H groups in total. The van der Waals surface area contributed by atoms with Crippen LogP contribution in [0.3, 0.4) is 0 Å². The highest BCUT2D eigenvalue weighted by molar-refractivity contribution is 6.31. The quantitative estimate of drug-likeness (QED) is 0.888. The molecule has 0 aliphatic heterocycles. The van der Waals surface area contributed by atoms with Gasteiger partial charge in [0.05, 0.1) is 11.1 Å². The van der Waals surface area contributed by atoms with Crippen molar-refractivity contribution in [3.63, 3.8) is 0 Å². The molecular weight excluding hydrogens is 253 g/mol. The zero-order chi connectivity index (χ0) is 13.2.